The van der Waals surface area contributed by atoms with E-state index in [0.717, 1.165) is 23.2 Å². The van der Waals surface area contributed by atoms with E-state index in [-0.39, 0.29) is 35.3 Å². The zero-order valence-electron chi connectivity index (χ0n) is 17.7. The Kier molecular flexibility index (Phi) is 5.82. The lowest BCUT2D eigenvalue weighted by molar-refractivity contribution is 0.0743. The van der Waals surface area contributed by atoms with Crippen LogP contribution in [0, 0.1) is 0 Å². The molecule has 31 heavy (non-hydrogen) atoms. The number of ether oxygens (including phenoxy) is 1. The van der Waals surface area contributed by atoms with Crippen molar-refractivity contribution < 1.29 is 19.7 Å². The number of carbonyl (C=O) groups excluding carboxylic acids is 1. The highest BCUT2D eigenvalue weighted by molar-refractivity contribution is 6.00. The number of hydrogen-bond acceptors (Lipinski definition) is 5. The summed E-state index contributed by atoms with van der Waals surface area (Å²) in [4.78, 5) is 17.1. The van der Waals surface area contributed by atoms with Crippen LogP contribution in [0.25, 0.3) is 0 Å². The van der Waals surface area contributed by atoms with Gasteiger partial charge in [0, 0.05) is 31.8 Å². The molecule has 160 valence electrons. The van der Waals surface area contributed by atoms with Crippen LogP contribution in [0.1, 0.15) is 32.6 Å². The molecule has 0 unspecified atom stereocenters. The molecule has 0 saturated carbocycles. The third-order valence-corrected chi connectivity index (χ3v) is 5.30. The summed E-state index contributed by atoms with van der Waals surface area (Å²) < 4.78 is 5.83. The molecule has 3 aromatic rings. The number of aromatic hydroxyl groups is 2. The molecule has 6 heteroatoms. The van der Waals surface area contributed by atoms with E-state index in [1.54, 1.807) is 4.90 Å². The molecule has 4 rings (SSSR count). The second-order valence-electron chi connectivity index (χ2n) is 8.11. The van der Waals surface area contributed by atoms with Gasteiger partial charge in [-0.25, -0.2) is 0 Å². The van der Waals surface area contributed by atoms with Gasteiger partial charge in [0.25, 0.3) is 5.91 Å². The van der Waals surface area contributed by atoms with Crippen LogP contribution in [0.5, 0.6) is 17.2 Å². The molecular weight excluding hydrogens is 392 g/mol. The number of fused-ring (bicyclic) bond motifs is 1. The van der Waals surface area contributed by atoms with Crippen LogP contribution in [-0.4, -0.2) is 40.0 Å². The normalized spacial score (nSPS) is 12.8. The van der Waals surface area contributed by atoms with Gasteiger partial charge < -0.3 is 24.7 Å². The first-order valence-corrected chi connectivity index (χ1v) is 10.2. The molecule has 2 N–H and O–H groups in total. The third-order valence-electron chi connectivity index (χ3n) is 5.30. The van der Waals surface area contributed by atoms with E-state index >= 15 is 0 Å². The summed E-state index contributed by atoms with van der Waals surface area (Å²) in [7, 11) is 4.04. The molecule has 0 fully saturated rings. The lowest BCUT2D eigenvalue weighted by atomic mass is 10.1. The average Bonchev–Trinajstić information content (AvgIpc) is 3.15. The van der Waals surface area contributed by atoms with Gasteiger partial charge in [-0.2, -0.15) is 0 Å². The summed E-state index contributed by atoms with van der Waals surface area (Å²) >= 11 is 0. The average molecular weight is 418 g/mol. The molecule has 1 amide bonds. The van der Waals surface area contributed by atoms with Gasteiger partial charge in [0.2, 0.25) is 0 Å². The van der Waals surface area contributed by atoms with Crippen molar-refractivity contribution in [3.8, 4) is 17.2 Å². The molecule has 6 nitrogen and oxygen atoms in total. The van der Waals surface area contributed by atoms with Gasteiger partial charge in [-0.1, -0.05) is 48.5 Å². The molecule has 0 spiro atoms. The van der Waals surface area contributed by atoms with Gasteiger partial charge in [0.05, 0.1) is 0 Å². The maximum atomic E-state index is 13.3. The van der Waals surface area contributed by atoms with E-state index in [2.05, 4.69) is 23.1 Å². The zero-order chi connectivity index (χ0) is 22.0. The number of rotatable bonds is 6. The van der Waals surface area contributed by atoms with E-state index in [1.165, 1.54) is 17.7 Å². The zero-order valence-corrected chi connectivity index (χ0v) is 17.7. The molecule has 0 saturated heterocycles. The summed E-state index contributed by atoms with van der Waals surface area (Å²) in [6, 6.07) is 18.3. The minimum atomic E-state index is -0.328. The first-order valence-electron chi connectivity index (χ1n) is 10.2. The van der Waals surface area contributed by atoms with E-state index in [0.29, 0.717) is 13.1 Å². The minimum Gasteiger partial charge on any atom is -0.508 e. The van der Waals surface area contributed by atoms with Crippen LogP contribution in [0.3, 0.4) is 0 Å². The van der Waals surface area contributed by atoms with E-state index in [4.69, 9.17) is 4.74 Å². The van der Waals surface area contributed by atoms with Crippen molar-refractivity contribution in [3.05, 3.63) is 88.5 Å². The SMILES string of the molecule is CN(C)Cc1ccc2c(c1)CN(C(=O)c1c(O)cc(O)cc1OCc1ccccc1)C2. The van der Waals surface area contributed by atoms with Gasteiger partial charge in [-0.15, -0.1) is 0 Å². The number of hydrogen-bond donors (Lipinski definition) is 2. The Balaban J connectivity index is 1.56. The highest BCUT2D eigenvalue weighted by Crippen LogP contribution is 2.36. The monoisotopic (exact) mass is 418 g/mol. The largest absolute Gasteiger partial charge is 0.508 e. The number of phenols is 2. The lowest BCUT2D eigenvalue weighted by Crippen LogP contribution is -2.26. The number of carbonyl (C=O) groups is 1. The van der Waals surface area contributed by atoms with Crippen LogP contribution in [0.15, 0.2) is 60.7 Å². The van der Waals surface area contributed by atoms with Gasteiger partial charge in [-0.05, 0) is 36.3 Å². The van der Waals surface area contributed by atoms with Crippen molar-refractivity contribution in [3.63, 3.8) is 0 Å². The molecular formula is C25H26N2O4. The lowest BCUT2D eigenvalue weighted by Gasteiger charge is -2.19. The molecule has 3 aromatic carbocycles. The standard InChI is InChI=1S/C25H26N2O4/c1-26(2)13-18-8-9-19-14-27(15-20(19)10-18)25(30)24-22(29)11-21(28)12-23(24)31-16-17-6-4-3-5-7-17/h3-12,28-29H,13-16H2,1-2H3. The molecule has 1 aliphatic heterocycles. The summed E-state index contributed by atoms with van der Waals surface area (Å²) in [6.45, 7) is 1.98. The second-order valence-corrected chi connectivity index (χ2v) is 8.11. The van der Waals surface area contributed by atoms with Crippen LogP contribution >= 0.6 is 0 Å². The molecule has 1 heterocycles. The Hall–Kier alpha value is -3.51. The van der Waals surface area contributed by atoms with Crippen LogP contribution < -0.4 is 4.74 Å². The fraction of sp³-hybridized carbons (Fsp3) is 0.240. The van der Waals surface area contributed by atoms with E-state index in [1.807, 2.05) is 44.4 Å². The number of phenolic OH excluding ortho intramolecular Hbond substituents is 2. The van der Waals surface area contributed by atoms with Gasteiger partial charge in [0.15, 0.2) is 0 Å². The summed E-state index contributed by atoms with van der Waals surface area (Å²) in [5.41, 5.74) is 4.39. The van der Waals surface area contributed by atoms with E-state index < -0.39 is 0 Å². The number of benzene rings is 3. The van der Waals surface area contributed by atoms with Crippen molar-refractivity contribution in [2.45, 2.75) is 26.2 Å². The van der Waals surface area contributed by atoms with E-state index in [9.17, 15) is 15.0 Å². The Labute approximate surface area is 181 Å². The predicted molar refractivity (Wildman–Crippen MR) is 118 cm³/mol. The quantitative estimate of drug-likeness (QED) is 0.635. The maximum Gasteiger partial charge on any atom is 0.262 e. The summed E-state index contributed by atoms with van der Waals surface area (Å²) in [5, 5.41) is 20.4. The Morgan fingerprint density at radius 3 is 2.45 bits per heavy atom. The fourth-order valence-electron chi connectivity index (χ4n) is 3.86. The Morgan fingerprint density at radius 1 is 0.968 bits per heavy atom. The first kappa shape index (κ1) is 20.8. The van der Waals surface area contributed by atoms with Crippen molar-refractivity contribution >= 4 is 5.91 Å². The molecule has 0 atom stereocenters. The second kappa shape index (κ2) is 8.70. The fourth-order valence-corrected chi connectivity index (χ4v) is 3.86. The minimum absolute atomic E-state index is 0.0649. The Morgan fingerprint density at radius 2 is 1.71 bits per heavy atom. The van der Waals surface area contributed by atoms with Crippen LogP contribution in [-0.2, 0) is 26.2 Å². The van der Waals surface area contributed by atoms with Gasteiger partial charge in [-0.3, -0.25) is 4.79 Å². The maximum absolute atomic E-state index is 13.3. The topological polar surface area (TPSA) is 73.2 Å². The Bertz CT molecular complexity index is 1100. The van der Waals surface area contributed by atoms with Crippen molar-refractivity contribution in [1.29, 1.82) is 0 Å². The van der Waals surface area contributed by atoms with Crippen molar-refractivity contribution in [1.82, 2.24) is 9.80 Å². The highest BCUT2D eigenvalue weighted by Gasteiger charge is 2.29. The smallest absolute Gasteiger partial charge is 0.262 e. The third kappa shape index (κ3) is 4.64. The summed E-state index contributed by atoms with van der Waals surface area (Å²) in [5.74, 6) is -0.617. The highest BCUT2D eigenvalue weighted by atomic mass is 16.5. The molecule has 1 aliphatic rings. The van der Waals surface area contributed by atoms with Gasteiger partial charge >= 0.3 is 0 Å². The first-order chi connectivity index (χ1) is 14.9. The number of nitrogens with zero attached hydrogens (tertiary/aromatic N) is 2. The van der Waals surface area contributed by atoms with Gasteiger partial charge in [0.1, 0.15) is 29.4 Å². The van der Waals surface area contributed by atoms with Crippen molar-refractivity contribution in [2.24, 2.45) is 0 Å². The summed E-state index contributed by atoms with van der Waals surface area (Å²) in [6.07, 6.45) is 0. The molecule has 0 aliphatic carbocycles. The number of amides is 1. The molecule has 0 bridgehead atoms. The predicted octanol–water partition coefficient (Wildman–Crippen LogP) is 3.89. The van der Waals surface area contributed by atoms with Crippen LogP contribution in [0.4, 0.5) is 0 Å². The molecule has 0 radical (unpaired) electrons. The van der Waals surface area contributed by atoms with Crippen LogP contribution in [0.2, 0.25) is 0 Å². The van der Waals surface area contributed by atoms with Crippen molar-refractivity contribution in [2.75, 3.05) is 14.1 Å². The molecule has 0 aromatic heterocycles.